The maximum Gasteiger partial charge on any atom is 0.239 e. The molecule has 0 aliphatic carbocycles. The zero-order valence-electron chi connectivity index (χ0n) is 16.5. The minimum Gasteiger partial charge on any atom is -0.394 e. The number of unbranched alkanes of at least 4 members (excludes halogenated alkanes) is 12. The molecule has 0 rings (SSSR count). The molecular formula is C21H42N2O2. The van der Waals surface area contributed by atoms with Crippen LogP contribution in [-0.4, -0.2) is 30.2 Å². The van der Waals surface area contributed by atoms with Crippen LogP contribution in [0, 0.1) is 0 Å². The number of carbonyl (C=O) groups excluding carboxylic acids is 1. The molecule has 4 heteroatoms. The van der Waals surface area contributed by atoms with E-state index in [2.05, 4.69) is 24.4 Å². The first kappa shape index (κ1) is 24.1. The summed E-state index contributed by atoms with van der Waals surface area (Å²) >= 11 is 0. The van der Waals surface area contributed by atoms with Gasteiger partial charge in [0.15, 0.2) is 0 Å². The summed E-state index contributed by atoms with van der Waals surface area (Å²) in [4.78, 5) is 11.3. The molecule has 148 valence electrons. The van der Waals surface area contributed by atoms with Gasteiger partial charge in [-0.2, -0.15) is 0 Å². The van der Waals surface area contributed by atoms with Crippen molar-refractivity contribution in [2.24, 2.45) is 5.73 Å². The van der Waals surface area contributed by atoms with E-state index < -0.39 is 6.04 Å². The summed E-state index contributed by atoms with van der Waals surface area (Å²) in [6.45, 7) is 2.63. The molecule has 0 aliphatic heterocycles. The summed E-state index contributed by atoms with van der Waals surface area (Å²) in [7, 11) is 0. The van der Waals surface area contributed by atoms with Crippen molar-refractivity contribution in [3.63, 3.8) is 0 Å². The highest BCUT2D eigenvalue weighted by Gasteiger charge is 2.09. The Hall–Kier alpha value is -0.870. The van der Waals surface area contributed by atoms with Crippen LogP contribution in [0.4, 0.5) is 0 Å². The number of hydrogen-bond donors (Lipinski definition) is 3. The van der Waals surface area contributed by atoms with E-state index in [-0.39, 0.29) is 12.5 Å². The van der Waals surface area contributed by atoms with Crippen LogP contribution in [0.5, 0.6) is 0 Å². The number of aliphatic hydroxyl groups is 1. The molecule has 0 bridgehead atoms. The van der Waals surface area contributed by atoms with Crippen LogP contribution in [0.3, 0.4) is 0 Å². The Balaban J connectivity index is 3.18. The Morgan fingerprint density at radius 2 is 1.36 bits per heavy atom. The van der Waals surface area contributed by atoms with E-state index in [1.807, 2.05) is 0 Å². The highest BCUT2D eigenvalue weighted by molar-refractivity contribution is 5.81. The largest absolute Gasteiger partial charge is 0.394 e. The van der Waals surface area contributed by atoms with Crippen LogP contribution < -0.4 is 11.1 Å². The number of amides is 1. The van der Waals surface area contributed by atoms with Crippen molar-refractivity contribution in [3.8, 4) is 0 Å². The lowest BCUT2D eigenvalue weighted by Gasteiger charge is -2.09. The van der Waals surface area contributed by atoms with Crippen molar-refractivity contribution in [2.45, 2.75) is 103 Å². The zero-order valence-corrected chi connectivity index (χ0v) is 16.5. The van der Waals surface area contributed by atoms with Crippen molar-refractivity contribution in [1.82, 2.24) is 5.32 Å². The van der Waals surface area contributed by atoms with Gasteiger partial charge in [0, 0.05) is 6.54 Å². The molecule has 0 saturated heterocycles. The van der Waals surface area contributed by atoms with Crippen LogP contribution in [0.15, 0.2) is 12.2 Å². The number of nitrogens with one attached hydrogen (secondary N) is 1. The fourth-order valence-electron chi connectivity index (χ4n) is 2.80. The van der Waals surface area contributed by atoms with Gasteiger partial charge in [0.05, 0.1) is 6.61 Å². The third-order valence-corrected chi connectivity index (χ3v) is 4.52. The predicted molar refractivity (Wildman–Crippen MR) is 108 cm³/mol. The SMILES string of the molecule is CCCCCCCCC=CCCCCCCCCNC(=O)[C@H](N)CO. The molecule has 0 spiro atoms. The quantitative estimate of drug-likeness (QED) is 0.251. The van der Waals surface area contributed by atoms with E-state index in [4.69, 9.17) is 10.8 Å². The normalized spacial score (nSPS) is 12.6. The minimum atomic E-state index is -0.783. The van der Waals surface area contributed by atoms with E-state index in [9.17, 15) is 4.79 Å². The molecule has 0 aromatic carbocycles. The van der Waals surface area contributed by atoms with Crippen molar-refractivity contribution in [1.29, 1.82) is 0 Å². The van der Waals surface area contributed by atoms with E-state index in [0.29, 0.717) is 6.54 Å². The van der Waals surface area contributed by atoms with Gasteiger partial charge in [0.25, 0.3) is 0 Å². The second-order valence-electron chi connectivity index (χ2n) is 7.02. The molecule has 0 saturated carbocycles. The average Bonchev–Trinajstić information content (AvgIpc) is 2.63. The number of allylic oxidation sites excluding steroid dienone is 2. The zero-order chi connectivity index (χ0) is 18.6. The average molecular weight is 355 g/mol. The molecule has 0 aromatic heterocycles. The van der Waals surface area contributed by atoms with Crippen molar-refractivity contribution >= 4 is 5.91 Å². The Labute approximate surface area is 155 Å². The smallest absolute Gasteiger partial charge is 0.239 e. The van der Waals surface area contributed by atoms with E-state index in [0.717, 1.165) is 12.8 Å². The number of aliphatic hydroxyl groups excluding tert-OH is 1. The fourth-order valence-corrected chi connectivity index (χ4v) is 2.80. The molecule has 0 radical (unpaired) electrons. The number of hydrogen-bond acceptors (Lipinski definition) is 3. The van der Waals surface area contributed by atoms with Crippen LogP contribution in [0.1, 0.15) is 96.8 Å². The van der Waals surface area contributed by atoms with Crippen molar-refractivity contribution in [2.75, 3.05) is 13.2 Å². The molecule has 25 heavy (non-hydrogen) atoms. The molecule has 0 unspecified atom stereocenters. The van der Waals surface area contributed by atoms with Gasteiger partial charge >= 0.3 is 0 Å². The molecular weight excluding hydrogens is 312 g/mol. The summed E-state index contributed by atoms with van der Waals surface area (Å²) in [5.41, 5.74) is 5.42. The van der Waals surface area contributed by atoms with Gasteiger partial charge < -0.3 is 16.2 Å². The van der Waals surface area contributed by atoms with Crippen LogP contribution >= 0.6 is 0 Å². The predicted octanol–water partition coefficient (Wildman–Crippen LogP) is 4.46. The minimum absolute atomic E-state index is 0.254. The Kier molecular flexibility index (Phi) is 18.8. The van der Waals surface area contributed by atoms with Gasteiger partial charge in [-0.05, 0) is 32.1 Å². The van der Waals surface area contributed by atoms with Gasteiger partial charge in [-0.25, -0.2) is 0 Å². The fraction of sp³-hybridized carbons (Fsp3) is 0.857. The highest BCUT2D eigenvalue weighted by atomic mass is 16.3. The third kappa shape index (κ3) is 17.7. The van der Waals surface area contributed by atoms with Gasteiger partial charge in [0.2, 0.25) is 5.91 Å². The van der Waals surface area contributed by atoms with E-state index in [1.54, 1.807) is 0 Å². The summed E-state index contributed by atoms with van der Waals surface area (Å²) in [5.74, 6) is -0.254. The molecule has 1 atom stereocenters. The first-order valence-corrected chi connectivity index (χ1v) is 10.5. The van der Waals surface area contributed by atoms with Crippen LogP contribution in [-0.2, 0) is 4.79 Å². The molecule has 0 heterocycles. The van der Waals surface area contributed by atoms with E-state index in [1.165, 1.54) is 77.0 Å². The van der Waals surface area contributed by atoms with Gasteiger partial charge in [-0.1, -0.05) is 76.9 Å². The molecule has 0 aliphatic rings. The molecule has 0 fully saturated rings. The number of rotatable bonds is 18. The maximum atomic E-state index is 11.3. The number of nitrogens with two attached hydrogens (primary N) is 1. The summed E-state index contributed by atoms with van der Waals surface area (Å²) in [5, 5.41) is 11.5. The highest BCUT2D eigenvalue weighted by Crippen LogP contribution is 2.09. The van der Waals surface area contributed by atoms with E-state index >= 15 is 0 Å². The Bertz CT molecular complexity index is 319. The Morgan fingerprint density at radius 3 is 1.88 bits per heavy atom. The van der Waals surface area contributed by atoms with Gasteiger partial charge in [0.1, 0.15) is 6.04 Å². The van der Waals surface area contributed by atoms with Crippen molar-refractivity contribution < 1.29 is 9.90 Å². The topological polar surface area (TPSA) is 75.4 Å². The summed E-state index contributed by atoms with van der Waals surface area (Å²) < 4.78 is 0. The van der Waals surface area contributed by atoms with Crippen molar-refractivity contribution in [3.05, 3.63) is 12.2 Å². The lowest BCUT2D eigenvalue weighted by atomic mass is 10.1. The molecule has 4 N–H and O–H groups in total. The molecule has 0 aromatic rings. The molecule has 1 amide bonds. The standard InChI is InChI=1S/C21H42N2O2/c1-2-3-4-5-6-7-8-9-10-11-12-13-14-15-16-17-18-23-21(25)20(22)19-24/h9-10,20,24H,2-8,11-19,22H2,1H3,(H,23,25)/t20-/m1/s1. The van der Waals surface area contributed by atoms with Crippen LogP contribution in [0.25, 0.3) is 0 Å². The monoisotopic (exact) mass is 354 g/mol. The maximum absolute atomic E-state index is 11.3. The first-order valence-electron chi connectivity index (χ1n) is 10.5. The second-order valence-corrected chi connectivity index (χ2v) is 7.02. The van der Waals surface area contributed by atoms with Gasteiger partial charge in [-0.3, -0.25) is 4.79 Å². The Morgan fingerprint density at radius 1 is 0.880 bits per heavy atom. The van der Waals surface area contributed by atoms with Gasteiger partial charge in [-0.15, -0.1) is 0 Å². The summed E-state index contributed by atoms with van der Waals surface area (Å²) in [6.07, 6.45) is 22.6. The first-order chi connectivity index (χ1) is 12.2. The number of carbonyl (C=O) groups is 1. The third-order valence-electron chi connectivity index (χ3n) is 4.52. The van der Waals surface area contributed by atoms with Crippen LogP contribution in [0.2, 0.25) is 0 Å². The summed E-state index contributed by atoms with van der Waals surface area (Å²) in [6, 6.07) is -0.783. The lowest BCUT2D eigenvalue weighted by Crippen LogP contribution is -2.43. The lowest BCUT2D eigenvalue weighted by molar-refractivity contribution is -0.123. The second kappa shape index (κ2) is 19.5. The molecule has 4 nitrogen and oxygen atoms in total.